The van der Waals surface area contributed by atoms with E-state index in [1.54, 1.807) is 6.20 Å². The number of aryl methyl sites for hydroxylation is 1. The van der Waals surface area contributed by atoms with Crippen LogP contribution in [0, 0.1) is 6.92 Å². The van der Waals surface area contributed by atoms with Crippen LogP contribution < -0.4 is 5.32 Å². The summed E-state index contributed by atoms with van der Waals surface area (Å²) >= 11 is 0. The smallest absolute Gasteiger partial charge is 0.227 e. The van der Waals surface area contributed by atoms with E-state index in [9.17, 15) is 5.11 Å². The van der Waals surface area contributed by atoms with E-state index < -0.39 is 0 Å². The van der Waals surface area contributed by atoms with Gasteiger partial charge >= 0.3 is 0 Å². The first-order valence-electron chi connectivity index (χ1n) is 9.10. The summed E-state index contributed by atoms with van der Waals surface area (Å²) < 4.78 is 1.85. The van der Waals surface area contributed by atoms with Crippen molar-refractivity contribution >= 4 is 11.6 Å². The average molecular weight is 371 g/mol. The number of aliphatic hydroxyl groups is 1. The maximum Gasteiger partial charge on any atom is 0.227 e. The van der Waals surface area contributed by atoms with Gasteiger partial charge in [-0.15, -0.1) is 0 Å². The standard InChI is InChI=1S/C22H21N5O/c1-16-13-19(14-17-5-3-2-4-6-17)26-22(24-16)25-18-7-9-20(10-8-18)27-12-11-23-21(27)15-28/h2-13,28H,14-15H2,1H3,(H,24,25,26). The van der Waals surface area contributed by atoms with E-state index in [1.165, 1.54) is 5.56 Å². The molecule has 0 bridgehead atoms. The molecule has 6 heteroatoms. The largest absolute Gasteiger partial charge is 0.388 e. The Balaban J connectivity index is 1.52. The lowest BCUT2D eigenvalue weighted by Gasteiger charge is -2.10. The quantitative estimate of drug-likeness (QED) is 0.539. The van der Waals surface area contributed by atoms with E-state index in [-0.39, 0.29) is 6.61 Å². The molecule has 0 unspecified atom stereocenters. The fraction of sp³-hybridized carbons (Fsp3) is 0.136. The number of hydrogen-bond donors (Lipinski definition) is 2. The molecule has 2 aromatic heterocycles. The molecule has 0 aliphatic carbocycles. The van der Waals surface area contributed by atoms with E-state index in [4.69, 9.17) is 0 Å². The van der Waals surface area contributed by atoms with Gasteiger partial charge in [-0.05, 0) is 42.8 Å². The van der Waals surface area contributed by atoms with Crippen LogP contribution in [0.3, 0.4) is 0 Å². The number of rotatable bonds is 6. The molecule has 4 aromatic rings. The second-order valence-electron chi connectivity index (χ2n) is 6.53. The van der Waals surface area contributed by atoms with Crippen LogP contribution >= 0.6 is 0 Å². The van der Waals surface area contributed by atoms with Crippen molar-refractivity contribution in [2.24, 2.45) is 0 Å². The first-order chi connectivity index (χ1) is 13.7. The molecule has 0 amide bonds. The van der Waals surface area contributed by atoms with Gasteiger partial charge in [-0.25, -0.2) is 15.0 Å². The van der Waals surface area contributed by atoms with Crippen LogP contribution in [0.1, 0.15) is 22.8 Å². The molecule has 140 valence electrons. The fourth-order valence-electron chi connectivity index (χ4n) is 3.11. The zero-order valence-corrected chi connectivity index (χ0v) is 15.6. The minimum atomic E-state index is -0.103. The van der Waals surface area contributed by atoms with Crippen molar-refractivity contribution < 1.29 is 5.11 Å². The maximum atomic E-state index is 9.36. The number of hydrogen-bond acceptors (Lipinski definition) is 5. The third kappa shape index (κ3) is 4.07. The van der Waals surface area contributed by atoms with Crippen LogP contribution in [-0.4, -0.2) is 24.6 Å². The summed E-state index contributed by atoms with van der Waals surface area (Å²) in [6, 6.07) is 20.1. The van der Waals surface area contributed by atoms with Gasteiger partial charge in [0.25, 0.3) is 0 Å². The van der Waals surface area contributed by atoms with Gasteiger partial charge in [0.2, 0.25) is 5.95 Å². The Morgan fingerprint density at radius 3 is 2.54 bits per heavy atom. The van der Waals surface area contributed by atoms with E-state index >= 15 is 0 Å². The molecule has 0 fully saturated rings. The molecule has 0 aliphatic rings. The van der Waals surface area contributed by atoms with Gasteiger partial charge in [-0.1, -0.05) is 30.3 Å². The van der Waals surface area contributed by atoms with Crippen molar-refractivity contribution in [3.8, 4) is 5.69 Å². The fourth-order valence-corrected chi connectivity index (χ4v) is 3.11. The highest BCUT2D eigenvalue weighted by molar-refractivity contribution is 5.56. The van der Waals surface area contributed by atoms with Crippen LogP contribution in [0.5, 0.6) is 0 Å². The molecule has 2 heterocycles. The molecular weight excluding hydrogens is 350 g/mol. The number of benzene rings is 2. The first-order valence-corrected chi connectivity index (χ1v) is 9.10. The van der Waals surface area contributed by atoms with Gasteiger partial charge in [0.1, 0.15) is 12.4 Å². The summed E-state index contributed by atoms with van der Waals surface area (Å²) in [5.41, 5.74) is 4.94. The van der Waals surface area contributed by atoms with Gasteiger partial charge in [-0.2, -0.15) is 0 Å². The molecule has 0 saturated heterocycles. The van der Waals surface area contributed by atoms with E-state index in [1.807, 2.05) is 66.2 Å². The Bertz CT molecular complexity index is 1060. The van der Waals surface area contributed by atoms with Gasteiger partial charge in [0, 0.05) is 35.9 Å². The van der Waals surface area contributed by atoms with Gasteiger partial charge in [0.05, 0.1) is 5.69 Å². The SMILES string of the molecule is Cc1cc(Cc2ccccc2)nc(Nc2ccc(-n3ccnc3CO)cc2)n1. The molecular formula is C22H21N5O. The van der Waals surface area contributed by atoms with Crippen LogP contribution in [0.15, 0.2) is 73.1 Å². The number of aliphatic hydroxyl groups excluding tert-OH is 1. The van der Waals surface area contributed by atoms with E-state index in [0.717, 1.165) is 29.2 Å². The molecule has 0 radical (unpaired) electrons. The highest BCUT2D eigenvalue weighted by Crippen LogP contribution is 2.19. The third-order valence-electron chi connectivity index (χ3n) is 4.40. The summed E-state index contributed by atoms with van der Waals surface area (Å²) in [5.74, 6) is 1.19. The lowest BCUT2D eigenvalue weighted by molar-refractivity contribution is 0.269. The number of imidazole rings is 1. The topological polar surface area (TPSA) is 75.9 Å². The molecule has 6 nitrogen and oxygen atoms in total. The highest BCUT2D eigenvalue weighted by atomic mass is 16.3. The Morgan fingerprint density at radius 1 is 1.00 bits per heavy atom. The van der Waals surface area contributed by atoms with Crippen molar-refractivity contribution in [1.82, 2.24) is 19.5 Å². The maximum absolute atomic E-state index is 9.36. The summed E-state index contributed by atoms with van der Waals surface area (Å²) in [4.78, 5) is 13.3. The number of nitrogens with one attached hydrogen (secondary N) is 1. The van der Waals surface area contributed by atoms with Crippen molar-refractivity contribution in [3.05, 3.63) is 95.8 Å². The monoisotopic (exact) mass is 371 g/mol. The lowest BCUT2D eigenvalue weighted by Crippen LogP contribution is -2.03. The molecule has 4 rings (SSSR count). The Hall–Kier alpha value is -3.51. The van der Waals surface area contributed by atoms with Crippen molar-refractivity contribution in [1.29, 1.82) is 0 Å². The van der Waals surface area contributed by atoms with Crippen molar-refractivity contribution in [2.75, 3.05) is 5.32 Å². The summed E-state index contributed by atoms with van der Waals surface area (Å²) in [6.07, 6.45) is 4.27. The van der Waals surface area contributed by atoms with Gasteiger partial charge < -0.3 is 15.0 Å². The van der Waals surface area contributed by atoms with Crippen LogP contribution in [-0.2, 0) is 13.0 Å². The minimum Gasteiger partial charge on any atom is -0.388 e. The second-order valence-corrected chi connectivity index (χ2v) is 6.53. The Kier molecular flexibility index (Phi) is 5.12. The molecule has 0 spiro atoms. The normalized spacial score (nSPS) is 10.8. The molecule has 2 N–H and O–H groups in total. The lowest BCUT2D eigenvalue weighted by atomic mass is 10.1. The summed E-state index contributed by atoms with van der Waals surface area (Å²) in [5, 5.41) is 12.6. The zero-order chi connectivity index (χ0) is 19.3. The molecule has 28 heavy (non-hydrogen) atoms. The number of nitrogens with zero attached hydrogens (tertiary/aromatic N) is 4. The highest BCUT2D eigenvalue weighted by Gasteiger charge is 2.06. The Labute approximate surface area is 163 Å². The molecule has 0 atom stereocenters. The predicted octanol–water partition coefficient (Wildman–Crippen LogP) is 3.80. The van der Waals surface area contributed by atoms with Gasteiger partial charge in [0.15, 0.2) is 0 Å². The van der Waals surface area contributed by atoms with Crippen molar-refractivity contribution in [2.45, 2.75) is 20.0 Å². The Morgan fingerprint density at radius 2 is 1.79 bits per heavy atom. The molecule has 0 aliphatic heterocycles. The molecule has 2 aromatic carbocycles. The summed E-state index contributed by atoms with van der Waals surface area (Å²) in [7, 11) is 0. The molecule has 0 saturated carbocycles. The van der Waals surface area contributed by atoms with E-state index in [0.29, 0.717) is 11.8 Å². The van der Waals surface area contributed by atoms with Crippen LogP contribution in [0.2, 0.25) is 0 Å². The number of aromatic nitrogens is 4. The van der Waals surface area contributed by atoms with Crippen LogP contribution in [0.4, 0.5) is 11.6 Å². The second kappa shape index (κ2) is 8.02. The average Bonchev–Trinajstić information content (AvgIpc) is 3.18. The number of anilines is 2. The van der Waals surface area contributed by atoms with Gasteiger partial charge in [-0.3, -0.25) is 0 Å². The third-order valence-corrected chi connectivity index (χ3v) is 4.40. The first kappa shape index (κ1) is 17.9. The van der Waals surface area contributed by atoms with Crippen LogP contribution in [0.25, 0.3) is 5.69 Å². The minimum absolute atomic E-state index is 0.103. The zero-order valence-electron chi connectivity index (χ0n) is 15.6. The predicted molar refractivity (Wildman–Crippen MR) is 109 cm³/mol. The van der Waals surface area contributed by atoms with E-state index in [2.05, 4.69) is 32.4 Å². The van der Waals surface area contributed by atoms with Crippen molar-refractivity contribution in [3.63, 3.8) is 0 Å². The summed E-state index contributed by atoms with van der Waals surface area (Å²) in [6.45, 7) is 1.87.